The average molecular weight is 411 g/mol. The van der Waals surface area contributed by atoms with Gasteiger partial charge in [0.2, 0.25) is 0 Å². The van der Waals surface area contributed by atoms with Gasteiger partial charge >= 0.3 is 0 Å². The molecule has 1 aliphatic heterocycles. The second-order valence-corrected chi connectivity index (χ2v) is 8.90. The Morgan fingerprint density at radius 1 is 1.06 bits per heavy atom. The molecule has 5 rings (SSSR count). The topological polar surface area (TPSA) is 64.6 Å². The maximum atomic E-state index is 9.91. The molecule has 1 saturated heterocycles. The molecule has 31 heavy (non-hydrogen) atoms. The molecule has 1 fully saturated rings. The van der Waals surface area contributed by atoms with Gasteiger partial charge in [0.05, 0.1) is 16.6 Å². The van der Waals surface area contributed by atoms with E-state index in [1.165, 1.54) is 5.56 Å². The third-order valence-electron chi connectivity index (χ3n) is 6.63. The summed E-state index contributed by atoms with van der Waals surface area (Å²) >= 11 is 0. The van der Waals surface area contributed by atoms with Crippen molar-refractivity contribution < 1.29 is 5.11 Å². The Labute approximate surface area is 182 Å². The Balaban J connectivity index is 1.73. The van der Waals surface area contributed by atoms with Gasteiger partial charge in [-0.2, -0.15) is 5.26 Å². The number of para-hydroxylation sites is 2. The van der Waals surface area contributed by atoms with Crippen LogP contribution in [-0.2, 0) is 6.42 Å². The minimum atomic E-state index is -0.0290. The van der Waals surface area contributed by atoms with Gasteiger partial charge in [-0.05, 0) is 47.6 Å². The predicted molar refractivity (Wildman–Crippen MR) is 123 cm³/mol. The normalized spacial score (nSPS) is 16.0. The van der Waals surface area contributed by atoms with Gasteiger partial charge in [0.15, 0.2) is 5.65 Å². The number of anilines is 1. The van der Waals surface area contributed by atoms with E-state index in [9.17, 15) is 10.4 Å². The Hall–Kier alpha value is -3.36. The molecule has 0 amide bonds. The SMILES string of the molecule is CC1(CO)CCN(c2c(Cc3ccccc3)cc(C#N)c3nc4ccccc4n23)CC1. The second-order valence-electron chi connectivity index (χ2n) is 8.90. The number of rotatable bonds is 4. The van der Waals surface area contributed by atoms with Gasteiger partial charge in [0.1, 0.15) is 11.9 Å². The zero-order valence-electron chi connectivity index (χ0n) is 17.8. The Bertz CT molecular complexity index is 1280. The predicted octanol–water partition coefficient (Wildman–Crippen LogP) is 4.55. The third-order valence-corrected chi connectivity index (χ3v) is 6.63. The number of fused-ring (bicyclic) bond motifs is 3. The molecule has 0 spiro atoms. The highest BCUT2D eigenvalue weighted by molar-refractivity contribution is 5.85. The largest absolute Gasteiger partial charge is 0.396 e. The first-order valence-corrected chi connectivity index (χ1v) is 10.8. The van der Waals surface area contributed by atoms with Gasteiger partial charge in [-0.25, -0.2) is 4.98 Å². The summed E-state index contributed by atoms with van der Waals surface area (Å²) < 4.78 is 2.17. The summed E-state index contributed by atoms with van der Waals surface area (Å²) in [5.41, 5.74) is 5.55. The summed E-state index contributed by atoms with van der Waals surface area (Å²) in [6.45, 7) is 4.11. The number of hydrogen-bond donors (Lipinski definition) is 1. The van der Waals surface area contributed by atoms with Crippen LogP contribution in [-0.4, -0.2) is 34.2 Å². The quantitative estimate of drug-likeness (QED) is 0.536. The van der Waals surface area contributed by atoms with Crippen molar-refractivity contribution in [1.29, 1.82) is 5.26 Å². The molecule has 3 heterocycles. The summed E-state index contributed by atoms with van der Waals surface area (Å²) in [7, 11) is 0. The molecule has 0 radical (unpaired) electrons. The lowest BCUT2D eigenvalue weighted by atomic mass is 9.81. The van der Waals surface area contributed by atoms with Crippen molar-refractivity contribution in [3.63, 3.8) is 0 Å². The van der Waals surface area contributed by atoms with E-state index in [1.807, 2.05) is 30.3 Å². The molecule has 0 atom stereocenters. The standard InChI is InChI=1S/C26H26N4O/c1-26(18-31)11-13-29(14-12-26)25-20(15-19-7-3-2-4-8-19)16-21(17-27)24-28-22-9-5-6-10-23(22)30(24)25/h2-10,16,31H,11-15,18H2,1H3. The van der Waals surface area contributed by atoms with E-state index >= 15 is 0 Å². The van der Waals surface area contributed by atoms with Crippen molar-refractivity contribution in [2.75, 3.05) is 24.6 Å². The summed E-state index contributed by atoms with van der Waals surface area (Å²) in [6.07, 6.45) is 2.62. The van der Waals surface area contributed by atoms with Crippen LogP contribution in [0, 0.1) is 16.7 Å². The number of nitriles is 1. The van der Waals surface area contributed by atoms with E-state index in [-0.39, 0.29) is 12.0 Å². The molecular formula is C26H26N4O. The van der Waals surface area contributed by atoms with E-state index < -0.39 is 0 Å². The Morgan fingerprint density at radius 2 is 1.77 bits per heavy atom. The van der Waals surface area contributed by atoms with Gasteiger partial charge in [-0.3, -0.25) is 4.40 Å². The smallest absolute Gasteiger partial charge is 0.157 e. The first kappa shape index (κ1) is 19.6. The number of pyridine rings is 1. The van der Waals surface area contributed by atoms with Crippen LogP contribution in [0.3, 0.4) is 0 Å². The third kappa shape index (κ3) is 3.43. The van der Waals surface area contributed by atoms with Crippen LogP contribution in [0.15, 0.2) is 60.7 Å². The Kier molecular flexibility index (Phi) is 4.88. The van der Waals surface area contributed by atoms with Gasteiger partial charge in [0, 0.05) is 26.1 Å². The molecule has 0 bridgehead atoms. The van der Waals surface area contributed by atoms with Crippen LogP contribution in [0.2, 0.25) is 0 Å². The van der Waals surface area contributed by atoms with E-state index in [4.69, 9.17) is 4.98 Å². The summed E-state index contributed by atoms with van der Waals surface area (Å²) in [6, 6.07) is 22.9. The fourth-order valence-corrected chi connectivity index (χ4v) is 4.66. The average Bonchev–Trinajstić information content (AvgIpc) is 3.20. The molecule has 156 valence electrons. The lowest BCUT2D eigenvalue weighted by Crippen LogP contribution is -2.41. The fraction of sp³-hybridized carbons (Fsp3) is 0.308. The highest BCUT2D eigenvalue weighted by Gasteiger charge is 2.31. The summed E-state index contributed by atoms with van der Waals surface area (Å²) in [5, 5.41) is 19.7. The van der Waals surface area contributed by atoms with Crippen LogP contribution in [0.4, 0.5) is 5.82 Å². The minimum absolute atomic E-state index is 0.0290. The van der Waals surface area contributed by atoms with E-state index in [0.717, 1.165) is 54.8 Å². The van der Waals surface area contributed by atoms with Gasteiger partial charge in [-0.1, -0.05) is 49.4 Å². The minimum Gasteiger partial charge on any atom is -0.396 e. The van der Waals surface area contributed by atoms with Crippen molar-refractivity contribution in [2.24, 2.45) is 5.41 Å². The molecule has 0 unspecified atom stereocenters. The van der Waals surface area contributed by atoms with Crippen LogP contribution in [0.1, 0.15) is 36.5 Å². The summed E-state index contributed by atoms with van der Waals surface area (Å²) in [4.78, 5) is 7.22. The number of hydrogen-bond acceptors (Lipinski definition) is 4. The molecule has 4 aromatic rings. The molecule has 0 saturated carbocycles. The molecule has 5 nitrogen and oxygen atoms in total. The first-order valence-electron chi connectivity index (χ1n) is 10.8. The zero-order chi connectivity index (χ0) is 21.4. The maximum Gasteiger partial charge on any atom is 0.157 e. The van der Waals surface area contributed by atoms with Gasteiger partial charge in [-0.15, -0.1) is 0 Å². The monoisotopic (exact) mass is 410 g/mol. The van der Waals surface area contributed by atoms with Crippen LogP contribution in [0.5, 0.6) is 0 Å². The van der Waals surface area contributed by atoms with Gasteiger partial charge < -0.3 is 10.0 Å². The van der Waals surface area contributed by atoms with Gasteiger partial charge in [0.25, 0.3) is 0 Å². The number of benzene rings is 2. The van der Waals surface area contributed by atoms with Crippen molar-refractivity contribution >= 4 is 22.5 Å². The molecule has 2 aromatic carbocycles. The molecule has 5 heteroatoms. The number of aromatic nitrogens is 2. The molecule has 0 aliphatic carbocycles. The molecule has 1 N–H and O–H groups in total. The van der Waals surface area contributed by atoms with E-state index in [0.29, 0.717) is 11.2 Å². The number of aliphatic hydroxyl groups is 1. The zero-order valence-corrected chi connectivity index (χ0v) is 17.8. The van der Waals surface area contributed by atoms with Crippen molar-refractivity contribution in [1.82, 2.24) is 9.38 Å². The lowest BCUT2D eigenvalue weighted by Gasteiger charge is -2.40. The van der Waals surface area contributed by atoms with Crippen LogP contribution < -0.4 is 4.90 Å². The molecular weight excluding hydrogens is 384 g/mol. The van der Waals surface area contributed by atoms with Crippen molar-refractivity contribution in [3.05, 3.63) is 77.4 Å². The van der Waals surface area contributed by atoms with E-state index in [2.05, 4.69) is 52.6 Å². The highest BCUT2D eigenvalue weighted by atomic mass is 16.3. The highest BCUT2D eigenvalue weighted by Crippen LogP contribution is 2.37. The maximum absolute atomic E-state index is 9.91. The van der Waals surface area contributed by atoms with Crippen molar-refractivity contribution in [3.8, 4) is 6.07 Å². The van der Waals surface area contributed by atoms with E-state index in [1.54, 1.807) is 0 Å². The summed E-state index contributed by atoms with van der Waals surface area (Å²) in [5.74, 6) is 1.12. The number of imidazole rings is 1. The molecule has 2 aromatic heterocycles. The fourth-order valence-electron chi connectivity index (χ4n) is 4.66. The van der Waals surface area contributed by atoms with Crippen LogP contribution in [0.25, 0.3) is 16.7 Å². The lowest BCUT2D eigenvalue weighted by molar-refractivity contribution is 0.114. The Morgan fingerprint density at radius 3 is 2.48 bits per heavy atom. The number of nitrogens with zero attached hydrogens (tertiary/aromatic N) is 4. The molecule has 1 aliphatic rings. The number of piperidine rings is 1. The second kappa shape index (κ2) is 7.72. The number of aliphatic hydroxyl groups excluding tert-OH is 1. The van der Waals surface area contributed by atoms with Crippen LogP contribution >= 0.6 is 0 Å². The van der Waals surface area contributed by atoms with Crippen molar-refractivity contribution in [2.45, 2.75) is 26.2 Å². The first-order chi connectivity index (χ1) is 15.1.